The van der Waals surface area contributed by atoms with Gasteiger partial charge in [0.2, 0.25) is 0 Å². The summed E-state index contributed by atoms with van der Waals surface area (Å²) in [6.07, 6.45) is 8.19. The van der Waals surface area contributed by atoms with Gasteiger partial charge >= 0.3 is 0 Å². The zero-order valence-corrected chi connectivity index (χ0v) is 17.9. The Hall–Kier alpha value is -2.80. The molecule has 4 bridgehead atoms. The Morgan fingerprint density at radius 1 is 1.03 bits per heavy atom. The van der Waals surface area contributed by atoms with E-state index >= 15 is 0 Å². The first kappa shape index (κ1) is 18.9. The molecule has 4 aliphatic rings. The number of anilines is 1. The van der Waals surface area contributed by atoms with E-state index in [4.69, 9.17) is 0 Å². The van der Waals surface area contributed by atoms with Crippen molar-refractivity contribution in [3.63, 3.8) is 0 Å². The molecular weight excluding hydrogens is 410 g/mol. The summed E-state index contributed by atoms with van der Waals surface area (Å²) in [5.41, 5.74) is 3.00. The smallest absolute Gasteiger partial charge is 0.270 e. The van der Waals surface area contributed by atoms with E-state index in [-0.39, 0.29) is 11.6 Å². The van der Waals surface area contributed by atoms with E-state index in [2.05, 4.69) is 22.4 Å². The first-order valence-corrected chi connectivity index (χ1v) is 11.8. The van der Waals surface area contributed by atoms with Crippen LogP contribution in [0, 0.1) is 27.9 Å². The van der Waals surface area contributed by atoms with E-state index in [0.29, 0.717) is 26.3 Å². The topological polar surface area (TPSA) is 85.1 Å². The van der Waals surface area contributed by atoms with Crippen LogP contribution in [0.4, 0.5) is 10.8 Å². The van der Waals surface area contributed by atoms with E-state index in [1.54, 1.807) is 6.07 Å². The number of carbonyl (C=O) groups excluding carboxylic acids is 1. The maximum atomic E-state index is 12.8. The molecule has 0 atom stereocenters. The van der Waals surface area contributed by atoms with Crippen LogP contribution in [-0.4, -0.2) is 15.8 Å². The summed E-state index contributed by atoms with van der Waals surface area (Å²) in [6, 6.07) is 12.7. The number of amides is 1. The van der Waals surface area contributed by atoms with Gasteiger partial charge in [0, 0.05) is 17.7 Å². The minimum absolute atomic E-state index is 0.0225. The third-order valence-electron chi connectivity index (χ3n) is 7.60. The molecule has 0 radical (unpaired) electrons. The zero-order valence-electron chi connectivity index (χ0n) is 17.0. The van der Waals surface area contributed by atoms with Crippen molar-refractivity contribution in [1.82, 2.24) is 4.98 Å². The molecule has 2 aromatic carbocycles. The van der Waals surface area contributed by atoms with Crippen molar-refractivity contribution in [2.45, 2.75) is 43.9 Å². The second-order valence-electron chi connectivity index (χ2n) is 9.66. The highest BCUT2D eigenvalue weighted by Gasteiger charge is 2.51. The van der Waals surface area contributed by atoms with Crippen LogP contribution < -0.4 is 5.32 Å². The molecule has 1 amide bonds. The van der Waals surface area contributed by atoms with E-state index in [1.807, 2.05) is 12.1 Å². The second-order valence-corrected chi connectivity index (χ2v) is 10.7. The molecule has 6 nitrogen and oxygen atoms in total. The van der Waals surface area contributed by atoms with E-state index in [0.717, 1.165) is 17.8 Å². The predicted molar refractivity (Wildman–Crippen MR) is 121 cm³/mol. The molecule has 1 N–H and O–H groups in total. The summed E-state index contributed by atoms with van der Waals surface area (Å²) in [5, 5.41) is 14.3. The zero-order chi connectivity index (χ0) is 21.2. The number of non-ortho nitro benzene ring substituents is 1. The van der Waals surface area contributed by atoms with Gasteiger partial charge in [-0.3, -0.25) is 20.2 Å². The normalized spacial score (nSPS) is 28.7. The number of hydrogen-bond acceptors (Lipinski definition) is 5. The average molecular weight is 434 g/mol. The lowest BCUT2D eigenvalue weighted by molar-refractivity contribution is -0.384. The molecule has 4 saturated carbocycles. The Morgan fingerprint density at radius 2 is 1.68 bits per heavy atom. The van der Waals surface area contributed by atoms with Crippen molar-refractivity contribution in [2.24, 2.45) is 17.8 Å². The van der Waals surface area contributed by atoms with Crippen LogP contribution in [0.15, 0.2) is 42.5 Å². The van der Waals surface area contributed by atoms with Gasteiger partial charge in [0.25, 0.3) is 11.6 Å². The van der Waals surface area contributed by atoms with Gasteiger partial charge in [-0.1, -0.05) is 23.5 Å². The number of nitrogens with zero attached hydrogens (tertiary/aromatic N) is 2. The molecule has 0 spiro atoms. The van der Waals surface area contributed by atoms with Crippen LogP contribution in [0.25, 0.3) is 10.2 Å². The van der Waals surface area contributed by atoms with Gasteiger partial charge in [0.05, 0.1) is 15.1 Å². The maximum absolute atomic E-state index is 12.8. The predicted octanol–water partition coefficient (Wildman–Crippen LogP) is 5.92. The largest absolute Gasteiger partial charge is 0.298 e. The molecule has 1 aromatic heterocycles. The van der Waals surface area contributed by atoms with E-state index < -0.39 is 4.92 Å². The van der Waals surface area contributed by atoms with Crippen LogP contribution in [0.1, 0.15) is 54.4 Å². The van der Waals surface area contributed by atoms with Gasteiger partial charge in [-0.15, -0.1) is 0 Å². The lowest BCUT2D eigenvalue weighted by Gasteiger charge is -2.57. The molecule has 4 aliphatic carbocycles. The van der Waals surface area contributed by atoms with Crippen LogP contribution in [-0.2, 0) is 5.41 Å². The molecule has 1 heterocycles. The summed E-state index contributed by atoms with van der Waals surface area (Å²) in [6.45, 7) is 0. The molecule has 31 heavy (non-hydrogen) atoms. The number of carbonyl (C=O) groups is 1. The minimum Gasteiger partial charge on any atom is -0.298 e. The summed E-state index contributed by atoms with van der Waals surface area (Å²) in [7, 11) is 0. The maximum Gasteiger partial charge on any atom is 0.270 e. The van der Waals surface area contributed by atoms with Gasteiger partial charge in [-0.2, -0.15) is 0 Å². The van der Waals surface area contributed by atoms with Gasteiger partial charge < -0.3 is 0 Å². The number of benzene rings is 2. The number of fused-ring (bicyclic) bond motifs is 1. The van der Waals surface area contributed by atoms with Gasteiger partial charge in [-0.25, -0.2) is 4.98 Å². The fourth-order valence-corrected chi connectivity index (χ4v) is 7.58. The first-order valence-electron chi connectivity index (χ1n) is 10.9. The van der Waals surface area contributed by atoms with Gasteiger partial charge in [-0.05, 0) is 85.5 Å². The van der Waals surface area contributed by atoms with Crippen LogP contribution in [0.3, 0.4) is 0 Å². The number of nitro groups is 1. The van der Waals surface area contributed by atoms with Crippen molar-refractivity contribution in [3.05, 3.63) is 63.7 Å². The fourth-order valence-electron chi connectivity index (χ4n) is 6.69. The molecule has 7 heteroatoms. The Morgan fingerprint density at radius 3 is 2.29 bits per heavy atom. The van der Waals surface area contributed by atoms with Crippen LogP contribution >= 0.6 is 11.3 Å². The number of nitro benzene ring substituents is 1. The lowest BCUT2D eigenvalue weighted by Crippen LogP contribution is -2.48. The molecule has 158 valence electrons. The molecule has 3 aromatic rings. The fraction of sp³-hybridized carbons (Fsp3) is 0.417. The van der Waals surface area contributed by atoms with Crippen molar-refractivity contribution in [2.75, 3.05) is 5.32 Å². The average Bonchev–Trinajstić information content (AvgIpc) is 3.14. The quantitative estimate of drug-likeness (QED) is 0.408. The SMILES string of the molecule is O=C(Nc1nc2ccc([N+](=O)[O-])cc2s1)c1ccc(C23CC4CC(CC(C4)C2)C3)cc1. The standard InChI is InChI=1S/C24H23N3O3S/c28-22(26-23-25-20-6-5-19(27(29)30)10-21(20)31-23)17-1-3-18(4-2-17)24-11-14-7-15(12-24)9-16(8-14)13-24/h1-6,10,14-16H,7-9,11-13H2,(H,25,26,28). The van der Waals surface area contributed by atoms with Crippen molar-refractivity contribution in [1.29, 1.82) is 0 Å². The Kier molecular flexibility index (Phi) is 4.18. The number of thiazole rings is 1. The highest BCUT2D eigenvalue weighted by Crippen LogP contribution is 2.60. The van der Waals surface area contributed by atoms with Crippen molar-refractivity contribution < 1.29 is 9.72 Å². The highest BCUT2D eigenvalue weighted by molar-refractivity contribution is 7.22. The Bertz CT molecular complexity index is 1170. The monoisotopic (exact) mass is 433 g/mol. The van der Waals surface area contributed by atoms with Gasteiger partial charge in [0.15, 0.2) is 5.13 Å². The van der Waals surface area contributed by atoms with Gasteiger partial charge in [0.1, 0.15) is 0 Å². The minimum atomic E-state index is -0.428. The Labute approximate surface area is 183 Å². The van der Waals surface area contributed by atoms with Crippen molar-refractivity contribution in [3.8, 4) is 0 Å². The second kappa shape index (κ2) is 6.85. The van der Waals surface area contributed by atoms with E-state index in [1.165, 1.54) is 67.6 Å². The summed E-state index contributed by atoms with van der Waals surface area (Å²) >= 11 is 1.25. The third-order valence-corrected chi connectivity index (χ3v) is 8.53. The summed E-state index contributed by atoms with van der Waals surface area (Å²) < 4.78 is 0.682. The Balaban J connectivity index is 1.21. The van der Waals surface area contributed by atoms with Crippen LogP contribution in [0.5, 0.6) is 0 Å². The molecule has 7 rings (SSSR count). The highest BCUT2D eigenvalue weighted by atomic mass is 32.1. The number of nitrogens with one attached hydrogen (secondary N) is 1. The third kappa shape index (κ3) is 3.22. The molecule has 0 saturated heterocycles. The lowest BCUT2D eigenvalue weighted by atomic mass is 9.48. The number of hydrogen-bond donors (Lipinski definition) is 1. The molecular formula is C24H23N3O3S. The molecule has 4 fully saturated rings. The number of aromatic nitrogens is 1. The molecule has 0 aliphatic heterocycles. The van der Waals surface area contributed by atoms with E-state index in [9.17, 15) is 14.9 Å². The van der Waals surface area contributed by atoms with Crippen LogP contribution in [0.2, 0.25) is 0 Å². The summed E-state index contributed by atoms with van der Waals surface area (Å²) in [5.74, 6) is 2.47. The summed E-state index contributed by atoms with van der Waals surface area (Å²) in [4.78, 5) is 27.7. The first-order chi connectivity index (χ1) is 15.0. The number of rotatable bonds is 4. The molecule has 0 unspecified atom stereocenters. The van der Waals surface area contributed by atoms with Crippen molar-refractivity contribution >= 4 is 38.3 Å².